The Kier molecular flexibility index (Phi) is 8.07. The number of fused-ring (bicyclic) bond motifs is 1. The molecule has 0 bridgehead atoms. The van der Waals surface area contributed by atoms with Crippen molar-refractivity contribution in [3.8, 4) is 0 Å². The van der Waals surface area contributed by atoms with Crippen LogP contribution < -0.4 is 11.1 Å². The lowest BCUT2D eigenvalue weighted by Crippen LogP contribution is -2.51. The molecule has 0 aliphatic rings. The second-order valence-corrected chi connectivity index (χ2v) is 9.12. The number of rotatable bonds is 9. The van der Waals surface area contributed by atoms with E-state index in [0.29, 0.717) is 0 Å². The monoisotopic (exact) mass is 465 g/mol. The lowest BCUT2D eigenvalue weighted by Gasteiger charge is -2.25. The molecule has 34 heavy (non-hydrogen) atoms. The van der Waals surface area contributed by atoms with Gasteiger partial charge in [0.1, 0.15) is 18.2 Å². The summed E-state index contributed by atoms with van der Waals surface area (Å²) in [6.07, 6.45) is 1.70. The van der Waals surface area contributed by atoms with Gasteiger partial charge in [0, 0.05) is 17.1 Å². The Balaban J connectivity index is 1.64. The van der Waals surface area contributed by atoms with E-state index in [1.165, 1.54) is 0 Å². The number of hydrogen-bond acceptors (Lipinski definition) is 6. The van der Waals surface area contributed by atoms with E-state index in [1.807, 2.05) is 60.8 Å². The van der Waals surface area contributed by atoms with Gasteiger partial charge in [0.15, 0.2) is 0 Å². The first-order valence-electron chi connectivity index (χ1n) is 11.2. The number of ether oxygens (including phenoxy) is 2. The van der Waals surface area contributed by atoms with E-state index in [0.717, 1.165) is 22.0 Å². The second-order valence-electron chi connectivity index (χ2n) is 9.12. The molecule has 180 valence electrons. The maximum atomic E-state index is 12.8. The number of para-hydroxylation sites is 1. The number of carbonyl (C=O) groups is 3. The van der Waals surface area contributed by atoms with E-state index in [-0.39, 0.29) is 19.4 Å². The highest BCUT2D eigenvalue weighted by Crippen LogP contribution is 2.19. The van der Waals surface area contributed by atoms with Gasteiger partial charge in [-0.3, -0.25) is 9.59 Å². The largest absolute Gasteiger partial charge is 0.461 e. The van der Waals surface area contributed by atoms with Gasteiger partial charge in [-0.2, -0.15) is 0 Å². The van der Waals surface area contributed by atoms with Gasteiger partial charge in [0.25, 0.3) is 0 Å². The third-order valence-electron chi connectivity index (χ3n) is 5.07. The number of amides is 1. The average molecular weight is 466 g/mol. The summed E-state index contributed by atoms with van der Waals surface area (Å²) >= 11 is 0. The van der Waals surface area contributed by atoms with E-state index < -0.39 is 35.5 Å². The number of aromatic amines is 1. The number of nitrogens with two attached hydrogens (primary N) is 1. The summed E-state index contributed by atoms with van der Waals surface area (Å²) < 4.78 is 10.7. The summed E-state index contributed by atoms with van der Waals surface area (Å²) in [6.45, 7) is 5.19. The first-order valence-corrected chi connectivity index (χ1v) is 11.2. The van der Waals surface area contributed by atoms with Gasteiger partial charge in [0.2, 0.25) is 5.91 Å². The summed E-state index contributed by atoms with van der Waals surface area (Å²) in [5.41, 5.74) is 8.00. The zero-order chi connectivity index (χ0) is 24.7. The smallest absolute Gasteiger partial charge is 0.329 e. The lowest BCUT2D eigenvalue weighted by molar-refractivity contribution is -0.162. The maximum absolute atomic E-state index is 12.8. The van der Waals surface area contributed by atoms with Crippen LogP contribution in [0.25, 0.3) is 10.9 Å². The Morgan fingerprint density at radius 2 is 1.71 bits per heavy atom. The van der Waals surface area contributed by atoms with Crippen LogP contribution in [0.4, 0.5) is 0 Å². The van der Waals surface area contributed by atoms with Crippen molar-refractivity contribution in [1.82, 2.24) is 10.3 Å². The van der Waals surface area contributed by atoms with Crippen molar-refractivity contribution >= 4 is 28.7 Å². The van der Waals surface area contributed by atoms with Crippen LogP contribution in [0.2, 0.25) is 0 Å². The first kappa shape index (κ1) is 25.0. The molecular weight excluding hydrogens is 434 g/mol. The summed E-state index contributed by atoms with van der Waals surface area (Å²) in [4.78, 5) is 41.2. The third kappa shape index (κ3) is 7.18. The van der Waals surface area contributed by atoms with Crippen LogP contribution in [0.5, 0.6) is 0 Å². The fraction of sp³-hybridized carbons (Fsp3) is 0.346. The minimum absolute atomic E-state index is 0.0642. The van der Waals surface area contributed by atoms with Crippen molar-refractivity contribution in [1.29, 1.82) is 0 Å². The Bertz CT molecular complexity index is 1130. The predicted molar refractivity (Wildman–Crippen MR) is 129 cm³/mol. The molecule has 1 heterocycles. The molecule has 4 N–H and O–H groups in total. The van der Waals surface area contributed by atoms with Crippen molar-refractivity contribution in [3.63, 3.8) is 0 Å². The molecular formula is C26H31N3O5. The normalized spacial score (nSPS) is 13.2. The molecule has 3 rings (SSSR count). The standard InChI is InChI=1S/C26H31N3O5/c1-26(2,3)34-25(32)22(14-23(30)33-16-17-9-5-4-6-10-17)29-24(31)20(27)13-18-15-28-21-12-8-7-11-19(18)21/h4-12,15,20,22,28H,13-14,16,27H2,1-3H3,(H,29,31)/t20-,22-/m1/s1. The summed E-state index contributed by atoms with van der Waals surface area (Å²) in [7, 11) is 0. The molecule has 2 aromatic carbocycles. The molecule has 1 aromatic heterocycles. The van der Waals surface area contributed by atoms with E-state index in [1.54, 1.807) is 20.8 Å². The highest BCUT2D eigenvalue weighted by atomic mass is 16.6. The fourth-order valence-electron chi connectivity index (χ4n) is 3.44. The van der Waals surface area contributed by atoms with Crippen LogP contribution in [-0.2, 0) is 36.9 Å². The predicted octanol–water partition coefficient (Wildman–Crippen LogP) is 3.00. The highest BCUT2D eigenvalue weighted by molar-refractivity contribution is 5.91. The molecule has 0 fully saturated rings. The molecule has 0 unspecified atom stereocenters. The number of benzene rings is 2. The van der Waals surface area contributed by atoms with Crippen molar-refractivity contribution in [2.75, 3.05) is 0 Å². The van der Waals surface area contributed by atoms with Crippen LogP contribution >= 0.6 is 0 Å². The zero-order valence-corrected chi connectivity index (χ0v) is 19.7. The molecule has 0 saturated carbocycles. The van der Waals surface area contributed by atoms with E-state index in [9.17, 15) is 14.4 Å². The lowest BCUT2D eigenvalue weighted by atomic mass is 10.0. The maximum Gasteiger partial charge on any atom is 0.329 e. The minimum Gasteiger partial charge on any atom is -0.461 e. The zero-order valence-electron chi connectivity index (χ0n) is 19.7. The van der Waals surface area contributed by atoms with E-state index in [2.05, 4.69) is 10.3 Å². The minimum atomic E-state index is -1.22. The second kappa shape index (κ2) is 11.0. The average Bonchev–Trinajstić information content (AvgIpc) is 3.19. The van der Waals surface area contributed by atoms with Crippen LogP contribution in [0, 0.1) is 0 Å². The molecule has 8 heteroatoms. The van der Waals surface area contributed by atoms with Crippen LogP contribution in [0.1, 0.15) is 38.3 Å². The van der Waals surface area contributed by atoms with Gasteiger partial charge in [-0.05, 0) is 44.4 Å². The van der Waals surface area contributed by atoms with Gasteiger partial charge in [-0.25, -0.2) is 4.79 Å². The number of carbonyl (C=O) groups excluding carboxylic acids is 3. The number of esters is 2. The van der Waals surface area contributed by atoms with Crippen molar-refractivity contribution in [2.24, 2.45) is 5.73 Å². The molecule has 1 amide bonds. The molecule has 0 spiro atoms. The molecule has 0 aliphatic carbocycles. The van der Waals surface area contributed by atoms with E-state index in [4.69, 9.17) is 15.2 Å². The van der Waals surface area contributed by atoms with Crippen molar-refractivity contribution in [3.05, 3.63) is 71.9 Å². The molecule has 8 nitrogen and oxygen atoms in total. The SMILES string of the molecule is CC(C)(C)OC(=O)[C@@H](CC(=O)OCc1ccccc1)NC(=O)[C@H](N)Cc1c[nH]c2ccccc12. The van der Waals surface area contributed by atoms with Gasteiger partial charge >= 0.3 is 11.9 Å². The van der Waals surface area contributed by atoms with Crippen molar-refractivity contribution in [2.45, 2.75) is 57.9 Å². The van der Waals surface area contributed by atoms with Crippen LogP contribution in [0.3, 0.4) is 0 Å². The molecule has 3 aromatic rings. The van der Waals surface area contributed by atoms with Gasteiger partial charge in [0.05, 0.1) is 12.5 Å². The molecule has 0 aliphatic heterocycles. The number of aromatic nitrogens is 1. The van der Waals surface area contributed by atoms with Gasteiger partial charge in [-0.1, -0.05) is 48.5 Å². The third-order valence-corrected chi connectivity index (χ3v) is 5.07. The van der Waals surface area contributed by atoms with E-state index >= 15 is 0 Å². The Morgan fingerprint density at radius 3 is 2.41 bits per heavy atom. The Morgan fingerprint density at radius 1 is 1.03 bits per heavy atom. The summed E-state index contributed by atoms with van der Waals surface area (Å²) in [6, 6.07) is 14.7. The fourth-order valence-corrected chi connectivity index (χ4v) is 3.44. The Hall–Kier alpha value is -3.65. The quantitative estimate of drug-likeness (QED) is 0.418. The van der Waals surface area contributed by atoms with Gasteiger partial charge in [-0.15, -0.1) is 0 Å². The number of hydrogen-bond donors (Lipinski definition) is 3. The number of nitrogens with one attached hydrogen (secondary N) is 2. The Labute approximate surface area is 198 Å². The summed E-state index contributed by atoms with van der Waals surface area (Å²) in [5.74, 6) is -1.92. The first-order chi connectivity index (χ1) is 16.1. The summed E-state index contributed by atoms with van der Waals surface area (Å²) in [5, 5.41) is 3.55. The number of H-pyrrole nitrogens is 1. The molecule has 2 atom stereocenters. The van der Waals surface area contributed by atoms with Crippen LogP contribution in [-0.4, -0.2) is 40.5 Å². The molecule has 0 radical (unpaired) electrons. The topological polar surface area (TPSA) is 124 Å². The van der Waals surface area contributed by atoms with Gasteiger partial charge < -0.3 is 25.5 Å². The van der Waals surface area contributed by atoms with Crippen molar-refractivity contribution < 1.29 is 23.9 Å². The molecule has 0 saturated heterocycles. The highest BCUT2D eigenvalue weighted by Gasteiger charge is 2.31. The van der Waals surface area contributed by atoms with Crippen LogP contribution in [0.15, 0.2) is 60.8 Å².